The molecule has 0 bridgehead atoms. The molecule has 0 aliphatic carbocycles. The molecule has 1 fully saturated rings. The van der Waals surface area contributed by atoms with Crippen molar-refractivity contribution in [3.05, 3.63) is 29.3 Å². The van der Waals surface area contributed by atoms with Crippen LogP contribution in [-0.4, -0.2) is 48.9 Å². The molecule has 2 heterocycles. The van der Waals surface area contributed by atoms with Crippen molar-refractivity contribution >= 4 is 0 Å². The fourth-order valence-electron chi connectivity index (χ4n) is 3.49. The van der Waals surface area contributed by atoms with Crippen LogP contribution in [0.5, 0.6) is 5.75 Å². The van der Waals surface area contributed by atoms with E-state index in [1.165, 1.54) is 11.1 Å². The quantitative estimate of drug-likeness (QED) is 0.892. The van der Waals surface area contributed by atoms with Crippen molar-refractivity contribution in [3.63, 3.8) is 0 Å². The Balaban J connectivity index is 1.73. The Morgan fingerprint density at radius 2 is 2.33 bits per heavy atom. The van der Waals surface area contributed by atoms with Crippen LogP contribution in [0, 0.1) is 6.92 Å². The molecule has 0 aromatic heterocycles. The fraction of sp³-hybridized carbons (Fsp3) is 0.647. The first kappa shape index (κ1) is 14.8. The standard InChI is InChI=1S/C17H26N2O2/c1-13-5-3-6-14-15(7-4-10-21-16(13)14)18-11-17(20)8-9-19(2)12-17/h3,5-6,15,18,20H,4,7-12H2,1-2H3/t15-,17+/m0/s1. The topological polar surface area (TPSA) is 44.7 Å². The van der Waals surface area contributed by atoms with Crippen LogP contribution >= 0.6 is 0 Å². The number of nitrogens with zero attached hydrogens (tertiary/aromatic N) is 1. The Hall–Kier alpha value is -1.10. The molecule has 0 radical (unpaired) electrons. The first-order valence-electron chi connectivity index (χ1n) is 7.94. The number of para-hydroxylation sites is 1. The van der Waals surface area contributed by atoms with E-state index in [0.29, 0.717) is 6.54 Å². The third-order valence-corrected chi connectivity index (χ3v) is 4.70. The summed E-state index contributed by atoms with van der Waals surface area (Å²) in [6.07, 6.45) is 2.95. The molecule has 21 heavy (non-hydrogen) atoms. The molecule has 2 aliphatic rings. The van der Waals surface area contributed by atoms with Gasteiger partial charge in [0, 0.05) is 31.2 Å². The van der Waals surface area contributed by atoms with E-state index < -0.39 is 5.60 Å². The largest absolute Gasteiger partial charge is 0.493 e. The van der Waals surface area contributed by atoms with Crippen molar-refractivity contribution in [1.82, 2.24) is 10.2 Å². The minimum atomic E-state index is -0.591. The van der Waals surface area contributed by atoms with E-state index in [1.807, 2.05) is 0 Å². The van der Waals surface area contributed by atoms with E-state index in [4.69, 9.17) is 4.74 Å². The molecule has 2 N–H and O–H groups in total. The molecule has 0 amide bonds. The smallest absolute Gasteiger partial charge is 0.126 e. The Labute approximate surface area is 127 Å². The maximum atomic E-state index is 10.6. The summed E-state index contributed by atoms with van der Waals surface area (Å²) in [5, 5.41) is 14.2. The molecule has 2 aliphatic heterocycles. The summed E-state index contributed by atoms with van der Waals surface area (Å²) in [6.45, 7) is 5.25. The minimum absolute atomic E-state index is 0.275. The molecule has 4 nitrogen and oxygen atoms in total. The highest BCUT2D eigenvalue weighted by Crippen LogP contribution is 2.34. The van der Waals surface area contributed by atoms with Crippen LogP contribution in [0.15, 0.2) is 18.2 Å². The first-order valence-corrected chi connectivity index (χ1v) is 7.94. The minimum Gasteiger partial charge on any atom is -0.493 e. The average Bonchev–Trinajstić information content (AvgIpc) is 2.68. The lowest BCUT2D eigenvalue weighted by Gasteiger charge is -2.27. The van der Waals surface area contributed by atoms with Gasteiger partial charge < -0.3 is 20.1 Å². The number of likely N-dealkylation sites (N-methyl/N-ethyl adjacent to an activating group) is 1. The van der Waals surface area contributed by atoms with Gasteiger partial charge in [-0.15, -0.1) is 0 Å². The van der Waals surface area contributed by atoms with Gasteiger partial charge in [-0.2, -0.15) is 0 Å². The zero-order valence-corrected chi connectivity index (χ0v) is 13.1. The molecule has 1 aromatic rings. The number of β-amino-alcohol motifs (C(OH)–C–C–N with tert-alkyl or cyclic N) is 1. The number of likely N-dealkylation sites (tertiary alicyclic amines) is 1. The van der Waals surface area contributed by atoms with Crippen LogP contribution in [0.3, 0.4) is 0 Å². The molecule has 3 rings (SSSR count). The van der Waals surface area contributed by atoms with Crippen LogP contribution < -0.4 is 10.1 Å². The SMILES string of the molecule is Cc1cccc2c1OCCC[C@@H]2NC[C@]1(O)CCN(C)C1. The normalized spacial score (nSPS) is 29.8. The summed E-state index contributed by atoms with van der Waals surface area (Å²) < 4.78 is 5.91. The number of rotatable bonds is 3. The van der Waals surface area contributed by atoms with Crippen LogP contribution in [-0.2, 0) is 0 Å². The highest BCUT2D eigenvalue weighted by atomic mass is 16.5. The van der Waals surface area contributed by atoms with E-state index in [2.05, 4.69) is 42.4 Å². The molecule has 0 spiro atoms. The van der Waals surface area contributed by atoms with E-state index in [0.717, 1.165) is 44.7 Å². The molecule has 2 atom stereocenters. The lowest BCUT2D eigenvalue weighted by Crippen LogP contribution is -2.43. The monoisotopic (exact) mass is 290 g/mol. The van der Waals surface area contributed by atoms with Gasteiger partial charge in [-0.1, -0.05) is 18.2 Å². The summed E-state index contributed by atoms with van der Waals surface area (Å²) in [7, 11) is 2.07. The number of ether oxygens (including phenoxy) is 1. The highest BCUT2D eigenvalue weighted by Gasteiger charge is 2.35. The molecule has 0 unspecified atom stereocenters. The summed E-state index contributed by atoms with van der Waals surface area (Å²) in [6, 6.07) is 6.61. The fourth-order valence-corrected chi connectivity index (χ4v) is 3.49. The van der Waals surface area contributed by atoms with E-state index in [1.54, 1.807) is 0 Å². The van der Waals surface area contributed by atoms with Gasteiger partial charge in [-0.3, -0.25) is 0 Å². The van der Waals surface area contributed by atoms with Crippen molar-refractivity contribution in [1.29, 1.82) is 0 Å². The number of benzene rings is 1. The number of nitrogens with one attached hydrogen (secondary N) is 1. The van der Waals surface area contributed by atoms with Gasteiger partial charge in [-0.25, -0.2) is 0 Å². The second-order valence-electron chi connectivity index (χ2n) is 6.63. The third kappa shape index (κ3) is 3.23. The van der Waals surface area contributed by atoms with Crippen LogP contribution in [0.4, 0.5) is 0 Å². The van der Waals surface area contributed by atoms with Gasteiger partial charge in [0.15, 0.2) is 0 Å². The van der Waals surface area contributed by atoms with Gasteiger partial charge in [0.1, 0.15) is 5.75 Å². The second-order valence-corrected chi connectivity index (χ2v) is 6.63. The van der Waals surface area contributed by atoms with Crippen molar-refractivity contribution < 1.29 is 9.84 Å². The molecular formula is C17H26N2O2. The van der Waals surface area contributed by atoms with Crippen molar-refractivity contribution in [2.24, 2.45) is 0 Å². The second kappa shape index (κ2) is 5.95. The Kier molecular flexibility index (Phi) is 4.20. The number of hydrogen-bond acceptors (Lipinski definition) is 4. The van der Waals surface area contributed by atoms with Gasteiger partial charge in [0.2, 0.25) is 0 Å². The predicted molar refractivity (Wildman–Crippen MR) is 83.7 cm³/mol. The Bertz CT molecular complexity index is 506. The highest BCUT2D eigenvalue weighted by molar-refractivity contribution is 5.43. The first-order chi connectivity index (χ1) is 10.1. The van der Waals surface area contributed by atoms with Crippen molar-refractivity contribution in [2.75, 3.05) is 33.3 Å². The molecule has 116 valence electrons. The summed E-state index contributed by atoms with van der Waals surface area (Å²) in [5.74, 6) is 1.03. The van der Waals surface area contributed by atoms with Gasteiger partial charge in [0.25, 0.3) is 0 Å². The maximum Gasteiger partial charge on any atom is 0.126 e. The van der Waals surface area contributed by atoms with Gasteiger partial charge in [-0.05, 0) is 38.8 Å². The van der Waals surface area contributed by atoms with E-state index in [-0.39, 0.29) is 6.04 Å². The predicted octanol–water partition coefficient (Wildman–Crippen LogP) is 1.86. The van der Waals surface area contributed by atoms with E-state index >= 15 is 0 Å². The zero-order valence-electron chi connectivity index (χ0n) is 13.1. The van der Waals surface area contributed by atoms with Crippen LogP contribution in [0.2, 0.25) is 0 Å². The van der Waals surface area contributed by atoms with E-state index in [9.17, 15) is 5.11 Å². The number of hydrogen-bond donors (Lipinski definition) is 2. The van der Waals surface area contributed by atoms with Crippen LogP contribution in [0.25, 0.3) is 0 Å². The number of aryl methyl sites for hydroxylation is 1. The van der Waals surface area contributed by atoms with Gasteiger partial charge in [0.05, 0.1) is 12.2 Å². The van der Waals surface area contributed by atoms with Crippen molar-refractivity contribution in [3.8, 4) is 5.75 Å². The number of aliphatic hydroxyl groups is 1. The average molecular weight is 290 g/mol. The number of fused-ring (bicyclic) bond motifs is 1. The third-order valence-electron chi connectivity index (χ3n) is 4.70. The molecule has 4 heteroatoms. The molecule has 1 aromatic carbocycles. The summed E-state index contributed by atoms with van der Waals surface area (Å²) >= 11 is 0. The summed E-state index contributed by atoms with van der Waals surface area (Å²) in [4.78, 5) is 2.19. The maximum absolute atomic E-state index is 10.6. The Morgan fingerprint density at radius 3 is 3.10 bits per heavy atom. The lowest BCUT2D eigenvalue weighted by atomic mass is 9.97. The van der Waals surface area contributed by atoms with Crippen molar-refractivity contribution in [2.45, 2.75) is 37.8 Å². The molecular weight excluding hydrogens is 264 g/mol. The zero-order chi connectivity index (χ0) is 14.9. The summed E-state index contributed by atoms with van der Waals surface area (Å²) in [5.41, 5.74) is 1.84. The molecule has 0 saturated carbocycles. The van der Waals surface area contributed by atoms with Gasteiger partial charge >= 0.3 is 0 Å². The lowest BCUT2D eigenvalue weighted by molar-refractivity contribution is 0.0486. The van der Waals surface area contributed by atoms with Crippen LogP contribution in [0.1, 0.15) is 36.4 Å². The Morgan fingerprint density at radius 1 is 1.48 bits per heavy atom. The molecule has 1 saturated heterocycles.